The fraction of sp³-hybridized carbons (Fsp3) is 0.125. The molecule has 0 radical (unpaired) electrons. The normalized spacial score (nSPS) is 15.8. The van der Waals surface area contributed by atoms with E-state index in [4.69, 9.17) is 4.42 Å². The molecule has 0 bridgehead atoms. The molecular formula is C16H12N2O5S. The number of hydrogen-bond donors (Lipinski definition) is 0. The van der Waals surface area contributed by atoms with Gasteiger partial charge in [-0.2, -0.15) is 0 Å². The smallest absolute Gasteiger partial charge is 0.408 e. The Labute approximate surface area is 136 Å². The summed E-state index contributed by atoms with van der Waals surface area (Å²) in [5, 5.41) is 0. The Morgan fingerprint density at radius 2 is 1.62 bits per heavy atom. The van der Waals surface area contributed by atoms with Crippen LogP contribution >= 0.6 is 0 Å². The number of para-hydroxylation sites is 2. The van der Waals surface area contributed by atoms with E-state index in [0.717, 1.165) is 4.31 Å². The van der Waals surface area contributed by atoms with Gasteiger partial charge < -0.3 is 4.42 Å². The molecule has 0 saturated heterocycles. The van der Waals surface area contributed by atoms with Crippen molar-refractivity contribution in [2.24, 2.45) is 0 Å². The van der Waals surface area contributed by atoms with Crippen molar-refractivity contribution in [3.63, 3.8) is 0 Å². The molecule has 1 aliphatic rings. The number of sulfonamides is 1. The van der Waals surface area contributed by atoms with Gasteiger partial charge in [-0.3, -0.25) is 9.36 Å². The lowest BCUT2D eigenvalue weighted by Crippen LogP contribution is -2.34. The standard InChI is InChI=1S/C16H12N2O5S/c19-15-11-5-1-4-8-14(11)24(21,22)18(15)10-9-17-12-6-2-3-7-13(12)23-16(17)20/h1-8H,9-10H2. The van der Waals surface area contributed by atoms with Gasteiger partial charge in [0, 0.05) is 6.54 Å². The van der Waals surface area contributed by atoms with Crippen LogP contribution in [0.25, 0.3) is 11.1 Å². The quantitative estimate of drug-likeness (QED) is 0.717. The zero-order valence-electron chi connectivity index (χ0n) is 12.4. The maximum absolute atomic E-state index is 12.5. The van der Waals surface area contributed by atoms with Crippen LogP contribution < -0.4 is 5.76 Å². The van der Waals surface area contributed by atoms with Crippen molar-refractivity contribution in [1.29, 1.82) is 0 Å². The van der Waals surface area contributed by atoms with E-state index in [0.29, 0.717) is 11.1 Å². The average molecular weight is 344 g/mol. The van der Waals surface area contributed by atoms with E-state index in [1.54, 1.807) is 36.4 Å². The highest BCUT2D eigenvalue weighted by atomic mass is 32.2. The second kappa shape index (κ2) is 5.07. The first-order valence-corrected chi connectivity index (χ1v) is 8.68. The highest BCUT2D eigenvalue weighted by Crippen LogP contribution is 2.29. The summed E-state index contributed by atoms with van der Waals surface area (Å²) in [5.74, 6) is -1.16. The molecule has 1 aromatic heterocycles. The van der Waals surface area contributed by atoms with Crippen molar-refractivity contribution in [1.82, 2.24) is 8.87 Å². The fourth-order valence-corrected chi connectivity index (χ4v) is 4.43. The summed E-state index contributed by atoms with van der Waals surface area (Å²) >= 11 is 0. The number of nitrogens with zero attached hydrogens (tertiary/aromatic N) is 2. The molecular weight excluding hydrogens is 332 g/mol. The number of rotatable bonds is 3. The summed E-state index contributed by atoms with van der Waals surface area (Å²) in [4.78, 5) is 24.3. The van der Waals surface area contributed by atoms with Gasteiger partial charge in [-0.15, -0.1) is 0 Å². The van der Waals surface area contributed by atoms with E-state index in [1.807, 2.05) is 0 Å². The number of fused-ring (bicyclic) bond motifs is 2. The highest BCUT2D eigenvalue weighted by molar-refractivity contribution is 7.90. The average Bonchev–Trinajstić information content (AvgIpc) is 2.99. The maximum Gasteiger partial charge on any atom is 0.420 e. The van der Waals surface area contributed by atoms with Gasteiger partial charge in [-0.1, -0.05) is 24.3 Å². The summed E-state index contributed by atoms with van der Waals surface area (Å²) in [6, 6.07) is 12.9. The monoisotopic (exact) mass is 344 g/mol. The van der Waals surface area contributed by atoms with E-state index in [1.165, 1.54) is 16.7 Å². The Morgan fingerprint density at radius 3 is 2.42 bits per heavy atom. The fourth-order valence-electron chi connectivity index (χ4n) is 2.87. The SMILES string of the molecule is O=C1c2ccccc2S(=O)(=O)N1CCn1c(=O)oc2ccccc21. The summed E-state index contributed by atoms with van der Waals surface area (Å²) < 4.78 is 32.2. The first-order valence-electron chi connectivity index (χ1n) is 7.24. The third kappa shape index (κ3) is 2.00. The first kappa shape index (κ1) is 14.7. The van der Waals surface area contributed by atoms with Gasteiger partial charge in [0.15, 0.2) is 5.58 Å². The Hall–Kier alpha value is -2.87. The second-order valence-corrected chi connectivity index (χ2v) is 7.20. The van der Waals surface area contributed by atoms with Gasteiger partial charge in [0.25, 0.3) is 15.9 Å². The molecule has 122 valence electrons. The minimum absolute atomic E-state index is 0.000557. The molecule has 0 fully saturated rings. The number of carbonyl (C=O) groups excluding carboxylic acids is 1. The van der Waals surface area contributed by atoms with Crippen LogP contribution in [0.3, 0.4) is 0 Å². The van der Waals surface area contributed by atoms with Crippen molar-refractivity contribution < 1.29 is 17.6 Å². The number of hydrogen-bond acceptors (Lipinski definition) is 5. The molecule has 2 heterocycles. The van der Waals surface area contributed by atoms with Gasteiger partial charge in [0.1, 0.15) is 4.90 Å². The van der Waals surface area contributed by atoms with Crippen LogP contribution in [0, 0.1) is 0 Å². The highest BCUT2D eigenvalue weighted by Gasteiger charge is 2.40. The number of aromatic nitrogens is 1. The van der Waals surface area contributed by atoms with Crippen molar-refractivity contribution >= 4 is 27.0 Å². The third-order valence-electron chi connectivity index (χ3n) is 4.01. The van der Waals surface area contributed by atoms with E-state index in [-0.39, 0.29) is 23.5 Å². The predicted octanol–water partition coefficient (Wildman–Crippen LogP) is 1.44. The molecule has 1 amide bonds. The van der Waals surface area contributed by atoms with Gasteiger partial charge >= 0.3 is 5.76 Å². The number of amides is 1. The Balaban J connectivity index is 1.69. The van der Waals surface area contributed by atoms with Crippen molar-refractivity contribution in [3.8, 4) is 0 Å². The largest absolute Gasteiger partial charge is 0.420 e. The summed E-state index contributed by atoms with van der Waals surface area (Å²) in [6.07, 6.45) is 0. The molecule has 0 spiro atoms. The zero-order valence-corrected chi connectivity index (χ0v) is 13.2. The Morgan fingerprint density at radius 1 is 0.917 bits per heavy atom. The molecule has 0 unspecified atom stereocenters. The van der Waals surface area contributed by atoms with E-state index >= 15 is 0 Å². The number of oxazole rings is 1. The Bertz CT molecular complexity index is 1130. The van der Waals surface area contributed by atoms with Crippen LogP contribution in [0.2, 0.25) is 0 Å². The summed E-state index contributed by atoms with van der Waals surface area (Å²) in [7, 11) is -3.88. The van der Waals surface area contributed by atoms with E-state index in [2.05, 4.69) is 0 Å². The van der Waals surface area contributed by atoms with Crippen LogP contribution in [-0.2, 0) is 16.6 Å². The maximum atomic E-state index is 12.5. The van der Waals surface area contributed by atoms with Crippen molar-refractivity contribution in [3.05, 3.63) is 64.6 Å². The second-order valence-electron chi connectivity index (χ2n) is 5.37. The van der Waals surface area contributed by atoms with Crippen LogP contribution in [0.5, 0.6) is 0 Å². The molecule has 3 aromatic rings. The molecule has 0 saturated carbocycles. The molecule has 4 rings (SSSR count). The molecule has 24 heavy (non-hydrogen) atoms. The van der Waals surface area contributed by atoms with Gasteiger partial charge in [0.05, 0.1) is 17.6 Å². The molecule has 0 atom stereocenters. The van der Waals surface area contributed by atoms with Crippen LogP contribution in [0.4, 0.5) is 0 Å². The lowest BCUT2D eigenvalue weighted by molar-refractivity contribution is 0.0867. The molecule has 7 nitrogen and oxygen atoms in total. The molecule has 2 aromatic carbocycles. The lowest BCUT2D eigenvalue weighted by atomic mass is 10.2. The van der Waals surface area contributed by atoms with Crippen LogP contribution in [0.1, 0.15) is 10.4 Å². The molecule has 0 aliphatic carbocycles. The number of benzene rings is 2. The molecule has 0 N–H and O–H groups in total. The topological polar surface area (TPSA) is 89.6 Å². The van der Waals surface area contributed by atoms with Crippen molar-refractivity contribution in [2.75, 3.05) is 6.54 Å². The Kier molecular flexibility index (Phi) is 3.10. The number of carbonyl (C=O) groups is 1. The first-order chi connectivity index (χ1) is 11.5. The van der Waals surface area contributed by atoms with Crippen LogP contribution in [0.15, 0.2) is 62.6 Å². The van der Waals surface area contributed by atoms with Gasteiger partial charge in [-0.25, -0.2) is 17.5 Å². The minimum Gasteiger partial charge on any atom is -0.408 e. The third-order valence-corrected chi connectivity index (χ3v) is 5.85. The van der Waals surface area contributed by atoms with E-state index < -0.39 is 21.7 Å². The summed E-state index contributed by atoms with van der Waals surface area (Å²) in [6.45, 7) is -0.117. The van der Waals surface area contributed by atoms with Gasteiger partial charge in [-0.05, 0) is 24.3 Å². The van der Waals surface area contributed by atoms with Crippen LogP contribution in [-0.4, -0.2) is 29.7 Å². The predicted molar refractivity (Wildman–Crippen MR) is 85.1 cm³/mol. The van der Waals surface area contributed by atoms with Crippen molar-refractivity contribution in [2.45, 2.75) is 11.4 Å². The minimum atomic E-state index is -3.88. The lowest BCUT2D eigenvalue weighted by Gasteiger charge is -2.15. The van der Waals surface area contributed by atoms with E-state index in [9.17, 15) is 18.0 Å². The summed E-state index contributed by atoms with van der Waals surface area (Å²) in [5.41, 5.74) is 1.13. The molecule has 1 aliphatic heterocycles. The molecule has 8 heteroatoms. The zero-order chi connectivity index (χ0) is 16.9. The van der Waals surface area contributed by atoms with Gasteiger partial charge in [0.2, 0.25) is 0 Å².